The topological polar surface area (TPSA) is 303 Å². The second-order valence-corrected chi connectivity index (χ2v) is 25.4. The van der Waals surface area contributed by atoms with E-state index in [1.54, 1.807) is 35.4 Å². The Kier molecular flexibility index (Phi) is 20.4. The lowest BCUT2D eigenvalue weighted by atomic mass is 9.87. The minimum absolute atomic E-state index is 0.0341. The highest BCUT2D eigenvalue weighted by Gasteiger charge is 2.38. The quantitative estimate of drug-likeness (QED) is 0.0688. The molecule has 0 saturated carbocycles. The zero-order chi connectivity index (χ0) is 65.4. The minimum Gasteiger partial charge on any atom is -0.468 e. The Bertz CT molecular complexity index is 3790. The van der Waals surface area contributed by atoms with Crippen LogP contribution in [0.25, 0.3) is 32.9 Å². The standard InChI is InChI=1S/C67H82FN15O10/c1-41(2)61-60-49(8-7-9-52(60)82(76-61)40-56(85)70-38-55(84)71-39-59(88)93-3)50-35-53-47(34-51(50)68)36-73-83(53)58(87)15-14-57(86)78-26-18-44(19-27-78)65(90)80-30-22-46(23-31-80)67(92)81-32-20-45(21-33-81)66(91)79-28-16-43(17-29-79)42-10-12-48(13-11-42)74-64-62(63(69)89)72-37-54(75-64)77-24-5-4-6-25-77/h7-13,34-37,41,43-46H,4-6,14-33,38-40H2,1-3H3,(H2,69,89)(H,70,85)(H,71,84)(H,74,75). The molecule has 5 aliphatic rings. The summed E-state index contributed by atoms with van der Waals surface area (Å²) in [4.78, 5) is 136. The van der Waals surface area contributed by atoms with Crippen molar-refractivity contribution in [3.05, 3.63) is 89.8 Å². The number of esters is 1. The summed E-state index contributed by atoms with van der Waals surface area (Å²) < 4.78 is 23.3. The first kappa shape index (κ1) is 65.1. The summed E-state index contributed by atoms with van der Waals surface area (Å²) >= 11 is 0. The molecule has 6 aromatic rings. The van der Waals surface area contributed by atoms with E-state index in [1.165, 1.54) is 40.7 Å². The van der Waals surface area contributed by atoms with Gasteiger partial charge in [-0.1, -0.05) is 38.1 Å². The number of ether oxygens (including phenoxy) is 1. The highest BCUT2D eigenvalue weighted by Crippen LogP contribution is 2.38. The number of anilines is 3. The third-order valence-electron chi connectivity index (χ3n) is 19.1. The summed E-state index contributed by atoms with van der Waals surface area (Å²) in [6, 6.07) is 16.2. The molecule has 0 spiro atoms. The number of nitrogens with two attached hydrogens (primary N) is 1. The maximum absolute atomic E-state index is 16.2. The normalized spacial score (nSPS) is 17.2. The van der Waals surface area contributed by atoms with Crippen molar-refractivity contribution in [2.45, 2.75) is 116 Å². The fraction of sp³-hybridized carbons (Fsp3) is 0.507. The Hall–Kier alpha value is -9.36. The van der Waals surface area contributed by atoms with E-state index in [-0.39, 0.29) is 91.0 Å². The largest absolute Gasteiger partial charge is 0.468 e. The maximum Gasteiger partial charge on any atom is 0.325 e. The number of nitrogens with zero attached hydrogens (tertiary/aromatic N) is 11. The second kappa shape index (κ2) is 29.1. The van der Waals surface area contributed by atoms with Gasteiger partial charge in [0.1, 0.15) is 24.7 Å². The number of nitrogens with one attached hydrogen (secondary N) is 3. The van der Waals surface area contributed by atoms with Gasteiger partial charge in [-0.15, -0.1) is 0 Å². The lowest BCUT2D eigenvalue weighted by molar-refractivity contribution is -0.146. The van der Waals surface area contributed by atoms with Gasteiger partial charge in [-0.3, -0.25) is 47.8 Å². The molecule has 5 aliphatic heterocycles. The zero-order valence-corrected chi connectivity index (χ0v) is 53.1. The van der Waals surface area contributed by atoms with Crippen LogP contribution in [-0.4, -0.2) is 188 Å². The smallest absolute Gasteiger partial charge is 0.325 e. The van der Waals surface area contributed by atoms with E-state index in [0.29, 0.717) is 136 Å². The third-order valence-corrected chi connectivity index (χ3v) is 19.1. The van der Waals surface area contributed by atoms with Crippen LogP contribution < -0.4 is 26.6 Å². The van der Waals surface area contributed by atoms with E-state index in [0.717, 1.165) is 50.3 Å². The predicted octanol–water partition coefficient (Wildman–Crippen LogP) is 5.89. The van der Waals surface area contributed by atoms with Gasteiger partial charge in [-0.2, -0.15) is 10.2 Å². The van der Waals surface area contributed by atoms with Gasteiger partial charge >= 0.3 is 5.97 Å². The Balaban J connectivity index is 0.598. The van der Waals surface area contributed by atoms with Crippen molar-refractivity contribution in [2.75, 3.05) is 95.9 Å². The van der Waals surface area contributed by atoms with E-state index in [2.05, 4.69) is 47.8 Å². The Labute approximate surface area is 538 Å². The first-order valence-corrected chi connectivity index (χ1v) is 32.6. The van der Waals surface area contributed by atoms with E-state index in [1.807, 2.05) is 40.7 Å². The molecule has 0 atom stereocenters. The lowest BCUT2D eigenvalue weighted by Gasteiger charge is -2.40. The van der Waals surface area contributed by atoms with Gasteiger partial charge in [0.05, 0.1) is 42.8 Å². The summed E-state index contributed by atoms with van der Waals surface area (Å²) in [6.07, 6.45) is 11.2. The van der Waals surface area contributed by atoms with Gasteiger partial charge in [0, 0.05) is 118 Å². The number of fused-ring (bicyclic) bond motifs is 2. The number of hydrogen-bond acceptors (Lipinski definition) is 16. The molecule has 5 saturated heterocycles. The molecular formula is C67H82FN15O10. The highest BCUT2D eigenvalue weighted by atomic mass is 19.1. The average molecular weight is 1280 g/mol. The number of halogens is 1. The Morgan fingerprint density at radius 3 is 1.82 bits per heavy atom. The number of carbonyl (C=O) groups excluding carboxylic acids is 9. The summed E-state index contributed by atoms with van der Waals surface area (Å²) in [5.41, 5.74) is 9.84. The number of piperidine rings is 5. The van der Waals surface area contributed by atoms with Crippen LogP contribution in [-0.2, 0) is 44.8 Å². The molecule has 7 amide bonds. The first-order chi connectivity index (χ1) is 44.9. The summed E-state index contributed by atoms with van der Waals surface area (Å²) in [5, 5.41) is 18.2. The molecule has 0 aliphatic carbocycles. The molecule has 0 radical (unpaired) electrons. The molecule has 26 heteroatoms. The van der Waals surface area contributed by atoms with Crippen LogP contribution in [0.15, 0.2) is 67.0 Å². The van der Waals surface area contributed by atoms with Crippen molar-refractivity contribution in [2.24, 2.45) is 23.5 Å². The molecule has 11 rings (SSSR count). The number of aromatic nitrogens is 6. The van der Waals surface area contributed by atoms with Gasteiger partial charge in [-0.25, -0.2) is 19.0 Å². The molecule has 25 nitrogen and oxygen atoms in total. The van der Waals surface area contributed by atoms with Crippen LogP contribution >= 0.6 is 0 Å². The number of rotatable bonds is 19. The van der Waals surface area contributed by atoms with Crippen molar-refractivity contribution < 1.29 is 52.3 Å². The average Bonchev–Trinajstić information content (AvgIpc) is 1.66. The fourth-order valence-electron chi connectivity index (χ4n) is 13.8. The molecular weight excluding hydrogens is 1190 g/mol. The number of carbonyl (C=O) groups is 9. The van der Waals surface area contributed by atoms with Crippen molar-refractivity contribution >= 4 is 92.4 Å². The van der Waals surface area contributed by atoms with Crippen LogP contribution in [0.5, 0.6) is 0 Å². The SMILES string of the molecule is COC(=O)CNC(=O)CNC(=O)Cn1nc(C(C)C)c2c(-c3cc4c(cnn4C(=O)CCC(=O)N4CCC(C(=O)N5CCC(C(=O)N6CCC(C(=O)N7CCC(c8ccc(Nc9nc(N%10CCCCC%10)cnc9C(N)=O)cc8)CC7)CC6)CC5)CC4)cc3F)cccc21. The fourth-order valence-corrected chi connectivity index (χ4v) is 13.8. The van der Waals surface area contributed by atoms with Gasteiger partial charge < -0.3 is 50.9 Å². The zero-order valence-electron chi connectivity index (χ0n) is 53.1. The van der Waals surface area contributed by atoms with E-state index < -0.39 is 35.4 Å². The van der Waals surface area contributed by atoms with Crippen LogP contribution in [0, 0.1) is 23.6 Å². The molecule has 5 fully saturated rings. The van der Waals surface area contributed by atoms with Crippen LogP contribution in [0.4, 0.5) is 21.7 Å². The molecule has 8 heterocycles. The number of methoxy groups -OCH3 is 1. The number of likely N-dealkylation sites (tertiary alicyclic amines) is 4. The van der Waals surface area contributed by atoms with Crippen LogP contribution in [0.1, 0.15) is 136 Å². The molecule has 3 aromatic heterocycles. The van der Waals surface area contributed by atoms with E-state index in [4.69, 9.17) is 15.8 Å². The van der Waals surface area contributed by atoms with Crippen molar-refractivity contribution in [3.63, 3.8) is 0 Å². The monoisotopic (exact) mass is 1280 g/mol. The molecule has 93 heavy (non-hydrogen) atoms. The van der Waals surface area contributed by atoms with Gasteiger partial charge in [0.25, 0.3) is 5.91 Å². The van der Waals surface area contributed by atoms with Gasteiger partial charge in [0.2, 0.25) is 41.4 Å². The third kappa shape index (κ3) is 14.9. The molecule has 5 N–H and O–H groups in total. The van der Waals surface area contributed by atoms with Crippen molar-refractivity contribution in [3.8, 4) is 11.1 Å². The summed E-state index contributed by atoms with van der Waals surface area (Å²) in [5.74, 6) is -2.72. The maximum atomic E-state index is 16.2. The van der Waals surface area contributed by atoms with Gasteiger partial charge in [-0.05, 0) is 124 Å². The van der Waals surface area contributed by atoms with E-state index >= 15 is 4.39 Å². The van der Waals surface area contributed by atoms with E-state index in [9.17, 15) is 43.2 Å². The van der Waals surface area contributed by atoms with Crippen LogP contribution in [0.2, 0.25) is 0 Å². The van der Waals surface area contributed by atoms with Crippen molar-refractivity contribution in [1.29, 1.82) is 0 Å². The number of amides is 7. The number of primary amides is 1. The molecule has 492 valence electrons. The highest BCUT2D eigenvalue weighted by molar-refractivity contribution is 6.02. The van der Waals surface area contributed by atoms with Gasteiger partial charge in [0.15, 0.2) is 11.5 Å². The predicted molar refractivity (Wildman–Crippen MR) is 343 cm³/mol. The number of benzene rings is 3. The molecule has 0 unspecified atom stereocenters. The number of hydrogen-bond donors (Lipinski definition) is 4. The van der Waals surface area contributed by atoms with Crippen LogP contribution in [0.3, 0.4) is 0 Å². The molecule has 3 aromatic carbocycles. The Morgan fingerprint density at radius 2 is 1.23 bits per heavy atom. The lowest BCUT2D eigenvalue weighted by Crippen LogP contribution is -2.50. The first-order valence-electron chi connectivity index (χ1n) is 32.6. The molecule has 0 bridgehead atoms. The van der Waals surface area contributed by atoms with Crippen molar-refractivity contribution in [1.82, 2.24) is 59.8 Å². The Morgan fingerprint density at radius 1 is 0.645 bits per heavy atom. The summed E-state index contributed by atoms with van der Waals surface area (Å²) in [7, 11) is 1.19. The second-order valence-electron chi connectivity index (χ2n) is 25.4. The minimum atomic E-state index is -0.648. The summed E-state index contributed by atoms with van der Waals surface area (Å²) in [6.45, 7) is 8.74.